The van der Waals surface area contributed by atoms with Crippen LogP contribution in [0.1, 0.15) is 223 Å². The molecule has 0 unspecified atom stereocenters. The first kappa shape index (κ1) is 82.9. The molecule has 0 N–H and O–H groups in total. The van der Waals surface area contributed by atoms with Gasteiger partial charge in [-0.3, -0.25) is 24.0 Å². The van der Waals surface area contributed by atoms with E-state index in [-0.39, 0.29) is 29.1 Å². The summed E-state index contributed by atoms with van der Waals surface area (Å²) in [6.45, 7) is 39.6. The Bertz CT molecular complexity index is 2950. The van der Waals surface area contributed by atoms with E-state index in [9.17, 15) is 24.0 Å². The SMILES string of the molecule is CC(=O)c1ccc(OCCCN2C[C@H](C)C[C@H](C)C2)cc1.CC(C)C(=O)c1ccc(OCCCN2CCCCC2)cc1.CCC(=O)c1ccc(OCCCN(CC)CC)cc1.CCC(=O)c1ccc(OCCCN2CCCCC2)cc1.O=Cc1ccc(OCCCN2CCCCC2)cc1. The monoisotopic (exact) mass is 1360 g/mol. The van der Waals surface area contributed by atoms with E-state index < -0.39 is 0 Å². The van der Waals surface area contributed by atoms with Crippen molar-refractivity contribution in [2.45, 2.75) is 171 Å². The van der Waals surface area contributed by atoms with Gasteiger partial charge in [-0.2, -0.15) is 0 Å². The molecule has 4 heterocycles. The van der Waals surface area contributed by atoms with Gasteiger partial charge in [0.15, 0.2) is 23.1 Å². The van der Waals surface area contributed by atoms with E-state index in [1.807, 2.05) is 137 Å². The number of hydrogen-bond donors (Lipinski definition) is 0. The van der Waals surface area contributed by atoms with E-state index in [0.29, 0.717) is 18.4 Å². The van der Waals surface area contributed by atoms with Crippen LogP contribution in [-0.2, 0) is 0 Å². The fourth-order valence-electron chi connectivity index (χ4n) is 12.8. The van der Waals surface area contributed by atoms with E-state index in [4.69, 9.17) is 23.7 Å². The van der Waals surface area contributed by atoms with E-state index in [1.54, 1.807) is 19.1 Å². The third-order valence-electron chi connectivity index (χ3n) is 18.6. The molecule has 15 nitrogen and oxygen atoms in total. The fraction of sp³-hybridized carbons (Fsp3) is 0.583. The number of hydrogen-bond acceptors (Lipinski definition) is 15. The molecule has 546 valence electrons. The summed E-state index contributed by atoms with van der Waals surface area (Å²) in [5.41, 5.74) is 3.73. The maximum absolute atomic E-state index is 11.8. The van der Waals surface area contributed by atoms with Crippen LogP contribution in [0, 0.1) is 17.8 Å². The predicted molar refractivity (Wildman–Crippen MR) is 405 cm³/mol. The lowest BCUT2D eigenvalue weighted by molar-refractivity contribution is 0.0937. The van der Waals surface area contributed by atoms with Crippen molar-refractivity contribution in [2.24, 2.45) is 17.8 Å². The highest BCUT2D eigenvalue weighted by atomic mass is 16.5. The van der Waals surface area contributed by atoms with Crippen molar-refractivity contribution >= 4 is 29.4 Å². The Morgan fingerprint density at radius 1 is 0.424 bits per heavy atom. The van der Waals surface area contributed by atoms with Crippen LogP contribution in [0.25, 0.3) is 0 Å². The Hall–Kier alpha value is -6.75. The Morgan fingerprint density at radius 3 is 1.03 bits per heavy atom. The maximum Gasteiger partial charge on any atom is 0.165 e. The van der Waals surface area contributed by atoms with Crippen molar-refractivity contribution in [2.75, 3.05) is 131 Å². The van der Waals surface area contributed by atoms with Gasteiger partial charge in [0.25, 0.3) is 0 Å². The summed E-state index contributed by atoms with van der Waals surface area (Å²) in [5.74, 6) is 6.55. The number of carbonyl (C=O) groups is 5. The number of rotatable bonds is 35. The molecule has 5 aromatic carbocycles. The van der Waals surface area contributed by atoms with Crippen molar-refractivity contribution in [3.63, 3.8) is 0 Å². The van der Waals surface area contributed by atoms with Gasteiger partial charge in [-0.1, -0.05) is 74.7 Å². The molecule has 4 aliphatic heterocycles. The average molecular weight is 1360 g/mol. The van der Waals surface area contributed by atoms with Gasteiger partial charge in [0.2, 0.25) is 0 Å². The van der Waals surface area contributed by atoms with Crippen molar-refractivity contribution in [3.8, 4) is 28.7 Å². The van der Waals surface area contributed by atoms with Gasteiger partial charge in [-0.05, 0) is 269 Å². The Kier molecular flexibility index (Phi) is 41.7. The molecule has 9 rings (SSSR count). The van der Waals surface area contributed by atoms with Gasteiger partial charge in [-0.25, -0.2) is 0 Å². The minimum Gasteiger partial charge on any atom is -0.494 e. The lowest BCUT2D eigenvalue weighted by Gasteiger charge is -2.34. The molecule has 2 atom stereocenters. The largest absolute Gasteiger partial charge is 0.494 e. The lowest BCUT2D eigenvalue weighted by atomic mass is 9.92. The molecule has 4 fully saturated rings. The maximum atomic E-state index is 11.8. The van der Waals surface area contributed by atoms with Crippen molar-refractivity contribution in [3.05, 3.63) is 149 Å². The first-order valence-electron chi connectivity index (χ1n) is 37.9. The molecular formula is C84H125N5O10. The molecule has 99 heavy (non-hydrogen) atoms. The summed E-state index contributed by atoms with van der Waals surface area (Å²) in [4.78, 5) is 69.0. The number of aldehydes is 1. The summed E-state index contributed by atoms with van der Waals surface area (Å²) < 4.78 is 28.6. The van der Waals surface area contributed by atoms with Crippen LogP contribution in [0.4, 0.5) is 0 Å². The molecule has 4 saturated heterocycles. The highest BCUT2D eigenvalue weighted by molar-refractivity contribution is 5.98. The number of ketones is 4. The lowest BCUT2D eigenvalue weighted by Crippen LogP contribution is -2.39. The minimum absolute atomic E-state index is 0.0429. The summed E-state index contributed by atoms with van der Waals surface area (Å²) >= 11 is 0. The first-order valence-corrected chi connectivity index (χ1v) is 37.9. The molecule has 0 saturated carbocycles. The van der Waals surface area contributed by atoms with Gasteiger partial charge >= 0.3 is 0 Å². The van der Waals surface area contributed by atoms with Gasteiger partial charge in [0.05, 0.1) is 33.0 Å². The quantitative estimate of drug-likeness (QED) is 0.0215. The van der Waals surface area contributed by atoms with Crippen molar-refractivity contribution in [1.29, 1.82) is 0 Å². The molecule has 0 aliphatic carbocycles. The number of ether oxygens (including phenoxy) is 5. The van der Waals surface area contributed by atoms with Gasteiger partial charge in [-0.15, -0.1) is 0 Å². The summed E-state index contributed by atoms with van der Waals surface area (Å²) in [7, 11) is 0. The van der Waals surface area contributed by atoms with E-state index in [0.717, 1.165) is 180 Å². The second kappa shape index (κ2) is 49.7. The number of benzene rings is 5. The van der Waals surface area contributed by atoms with E-state index in [2.05, 4.69) is 52.2 Å². The zero-order valence-electron chi connectivity index (χ0n) is 62.3. The van der Waals surface area contributed by atoms with Crippen LogP contribution in [0.3, 0.4) is 0 Å². The number of piperidine rings is 4. The second-order valence-corrected chi connectivity index (χ2v) is 27.4. The van der Waals surface area contributed by atoms with Crippen LogP contribution >= 0.6 is 0 Å². The zero-order valence-corrected chi connectivity index (χ0v) is 62.3. The zero-order chi connectivity index (χ0) is 71.2. The van der Waals surface area contributed by atoms with Crippen LogP contribution in [-0.4, -0.2) is 185 Å². The molecule has 0 radical (unpaired) electrons. The van der Waals surface area contributed by atoms with Crippen molar-refractivity contribution in [1.82, 2.24) is 24.5 Å². The van der Waals surface area contributed by atoms with Crippen LogP contribution in [0.5, 0.6) is 28.7 Å². The third kappa shape index (κ3) is 34.9. The third-order valence-corrected chi connectivity index (χ3v) is 18.6. The van der Waals surface area contributed by atoms with Crippen LogP contribution in [0.15, 0.2) is 121 Å². The molecule has 4 aliphatic rings. The summed E-state index contributed by atoms with van der Waals surface area (Å²) in [6, 6.07) is 37.1. The smallest absolute Gasteiger partial charge is 0.165 e. The minimum atomic E-state index is 0.0429. The van der Waals surface area contributed by atoms with Crippen molar-refractivity contribution < 1.29 is 47.7 Å². The number of likely N-dealkylation sites (tertiary alicyclic amines) is 4. The topological polar surface area (TPSA) is 148 Å². The second-order valence-electron chi connectivity index (χ2n) is 27.4. The van der Waals surface area contributed by atoms with Gasteiger partial charge < -0.3 is 48.2 Å². The van der Waals surface area contributed by atoms with Crippen LogP contribution in [0.2, 0.25) is 0 Å². The predicted octanol–water partition coefficient (Wildman–Crippen LogP) is 17.1. The molecule has 0 spiro atoms. The fourth-order valence-corrected chi connectivity index (χ4v) is 12.8. The highest BCUT2D eigenvalue weighted by Crippen LogP contribution is 2.23. The molecular weight excluding hydrogens is 1240 g/mol. The van der Waals surface area contributed by atoms with Gasteiger partial charge in [0, 0.05) is 92.4 Å². The average Bonchev–Trinajstić information content (AvgIpc) is 1.11. The van der Waals surface area contributed by atoms with Crippen LogP contribution < -0.4 is 23.7 Å². The van der Waals surface area contributed by atoms with E-state index >= 15 is 0 Å². The number of Topliss-reactive ketones (excluding diaryl/α,β-unsaturated/α-hetero) is 4. The van der Waals surface area contributed by atoms with Gasteiger partial charge in [0.1, 0.15) is 35.0 Å². The Labute approximate surface area is 597 Å². The Morgan fingerprint density at radius 2 is 0.727 bits per heavy atom. The normalized spacial score (nSPS) is 16.6. The number of carbonyl (C=O) groups excluding carboxylic acids is 5. The summed E-state index contributed by atoms with van der Waals surface area (Å²) in [6.07, 6.45) is 20.8. The number of nitrogens with zero attached hydrogens (tertiary/aromatic N) is 5. The van der Waals surface area contributed by atoms with E-state index in [1.165, 1.54) is 117 Å². The molecule has 0 amide bonds. The summed E-state index contributed by atoms with van der Waals surface area (Å²) in [5, 5.41) is 0. The Balaban J connectivity index is 0.000000224. The standard InChI is InChI=1S/2C18H27NO2.C17H25NO2.C16H25NO2.C15H21NO2/c1-14-11-15(2)13-19(12-14)9-4-10-21-18-7-5-17(6-8-18)16(3)20;1-15(2)18(20)16-7-9-17(10-8-16)21-14-6-13-19-11-4-3-5-12-19;1-2-17(19)15-7-9-16(10-8-15)20-14-6-13-18-11-4-3-5-12-18;1-4-16(18)14-8-10-15(11-9-14)19-13-7-12-17(5-2)6-3;17-13-14-5-7-15(8-6-14)18-12-4-11-16-9-2-1-3-10-16/h5-8,14-15H,4,9-13H2,1-3H3;7-10,15H,3-6,11-14H2,1-2H3;7-10H,2-6,11-14H2,1H3;8-11H,4-7,12-13H2,1-3H3;5-8,13H,1-4,9-12H2/t14-,15+;;;;. The molecule has 15 heteroatoms. The molecule has 0 aromatic heterocycles. The first-order chi connectivity index (χ1) is 48.1. The molecule has 5 aromatic rings. The molecule has 0 bridgehead atoms. The highest BCUT2D eigenvalue weighted by Gasteiger charge is 2.21.